The van der Waals surface area contributed by atoms with E-state index in [1.54, 1.807) is 0 Å². The first-order chi connectivity index (χ1) is 5.56. The van der Waals surface area contributed by atoms with E-state index in [0.717, 1.165) is 6.42 Å². The summed E-state index contributed by atoms with van der Waals surface area (Å²) in [6, 6.07) is -0.232. The van der Waals surface area contributed by atoms with Crippen molar-refractivity contribution in [2.24, 2.45) is 11.7 Å². The molecule has 12 heavy (non-hydrogen) atoms. The van der Waals surface area contributed by atoms with Crippen LogP contribution in [0.5, 0.6) is 0 Å². The Morgan fingerprint density at radius 2 is 2.17 bits per heavy atom. The van der Waals surface area contributed by atoms with Gasteiger partial charge >= 0.3 is 5.97 Å². The van der Waals surface area contributed by atoms with Gasteiger partial charge in [-0.05, 0) is 12.3 Å². The SMILES string of the molecule is COC(=O)C#C[C@@H](N)CC(C)C. The Morgan fingerprint density at radius 1 is 1.58 bits per heavy atom. The van der Waals surface area contributed by atoms with Crippen LogP contribution in [0.15, 0.2) is 0 Å². The average Bonchev–Trinajstić information content (AvgIpc) is 1.99. The maximum absolute atomic E-state index is 10.6. The predicted octanol–water partition coefficient (Wildman–Crippen LogP) is 0.536. The Labute approximate surface area is 73.3 Å². The molecule has 3 heteroatoms. The third-order valence-corrected chi connectivity index (χ3v) is 1.27. The van der Waals surface area contributed by atoms with Gasteiger partial charge in [0.1, 0.15) is 0 Å². The minimum Gasteiger partial charge on any atom is -0.459 e. The Bertz CT molecular complexity index is 200. The Kier molecular flexibility index (Phi) is 5.14. The number of esters is 1. The summed E-state index contributed by atoms with van der Waals surface area (Å²) < 4.78 is 4.34. The number of nitrogens with two attached hydrogens (primary N) is 1. The Hall–Kier alpha value is -1.01. The molecule has 0 aromatic carbocycles. The van der Waals surface area contributed by atoms with E-state index in [9.17, 15) is 4.79 Å². The van der Waals surface area contributed by atoms with Gasteiger partial charge in [-0.2, -0.15) is 0 Å². The summed E-state index contributed by atoms with van der Waals surface area (Å²) in [6.45, 7) is 4.11. The summed E-state index contributed by atoms with van der Waals surface area (Å²) in [5.41, 5.74) is 5.60. The van der Waals surface area contributed by atoms with Crippen LogP contribution in [-0.2, 0) is 9.53 Å². The van der Waals surface area contributed by atoms with Gasteiger partial charge in [0.15, 0.2) is 0 Å². The van der Waals surface area contributed by atoms with E-state index >= 15 is 0 Å². The van der Waals surface area contributed by atoms with Crippen LogP contribution in [0.1, 0.15) is 20.3 Å². The minimum atomic E-state index is -0.533. The van der Waals surface area contributed by atoms with Crippen LogP contribution in [0.2, 0.25) is 0 Å². The second kappa shape index (κ2) is 5.62. The average molecular weight is 169 g/mol. The van der Waals surface area contributed by atoms with E-state index < -0.39 is 5.97 Å². The molecule has 0 aromatic rings. The van der Waals surface area contributed by atoms with Crippen molar-refractivity contribution in [3.63, 3.8) is 0 Å². The summed E-state index contributed by atoms with van der Waals surface area (Å²) in [4.78, 5) is 10.6. The minimum absolute atomic E-state index is 0.232. The number of ether oxygens (including phenoxy) is 1. The van der Waals surface area contributed by atoms with Crippen LogP contribution in [0.4, 0.5) is 0 Å². The Morgan fingerprint density at radius 3 is 2.58 bits per heavy atom. The highest BCUT2D eigenvalue weighted by molar-refractivity contribution is 5.88. The molecule has 68 valence electrons. The zero-order valence-corrected chi connectivity index (χ0v) is 7.76. The maximum atomic E-state index is 10.6. The molecule has 0 aliphatic carbocycles. The number of hydrogen-bond acceptors (Lipinski definition) is 3. The van der Waals surface area contributed by atoms with Gasteiger partial charge in [0.2, 0.25) is 0 Å². The molecular formula is C9H15NO2. The van der Waals surface area contributed by atoms with E-state index in [-0.39, 0.29) is 6.04 Å². The lowest BCUT2D eigenvalue weighted by atomic mass is 10.1. The van der Waals surface area contributed by atoms with Crippen molar-refractivity contribution in [2.45, 2.75) is 26.3 Å². The normalized spacial score (nSPS) is 11.8. The monoisotopic (exact) mass is 169 g/mol. The van der Waals surface area contributed by atoms with Gasteiger partial charge in [0, 0.05) is 5.92 Å². The molecule has 0 bridgehead atoms. The van der Waals surface area contributed by atoms with Crippen LogP contribution < -0.4 is 5.73 Å². The van der Waals surface area contributed by atoms with Crippen LogP contribution in [0.25, 0.3) is 0 Å². The molecule has 1 atom stereocenters. The summed E-state index contributed by atoms with van der Waals surface area (Å²) >= 11 is 0. The number of carbonyl (C=O) groups excluding carboxylic acids is 1. The standard InChI is InChI=1S/C9H15NO2/c1-7(2)6-8(10)4-5-9(11)12-3/h7-8H,6,10H2,1-3H3/t8-/m1/s1. The van der Waals surface area contributed by atoms with Crippen molar-refractivity contribution >= 4 is 5.97 Å². The van der Waals surface area contributed by atoms with E-state index in [1.807, 2.05) is 0 Å². The molecule has 0 fully saturated rings. The number of methoxy groups -OCH3 is 1. The molecule has 0 aromatic heterocycles. The highest BCUT2D eigenvalue weighted by Gasteiger charge is 2.01. The van der Waals surface area contributed by atoms with E-state index in [1.165, 1.54) is 7.11 Å². The lowest BCUT2D eigenvalue weighted by Gasteiger charge is -2.05. The van der Waals surface area contributed by atoms with Gasteiger partial charge < -0.3 is 10.5 Å². The van der Waals surface area contributed by atoms with Crippen LogP contribution in [0, 0.1) is 17.8 Å². The molecule has 0 rings (SSSR count). The topological polar surface area (TPSA) is 52.3 Å². The van der Waals surface area contributed by atoms with Gasteiger partial charge in [-0.15, -0.1) is 0 Å². The van der Waals surface area contributed by atoms with E-state index in [4.69, 9.17) is 5.73 Å². The molecule has 3 nitrogen and oxygen atoms in total. The third-order valence-electron chi connectivity index (χ3n) is 1.27. The fraction of sp³-hybridized carbons (Fsp3) is 0.667. The summed E-state index contributed by atoms with van der Waals surface area (Å²) in [5.74, 6) is 4.88. The molecule has 0 heterocycles. The van der Waals surface area contributed by atoms with Crippen LogP contribution in [-0.4, -0.2) is 19.1 Å². The zero-order valence-electron chi connectivity index (χ0n) is 7.76. The predicted molar refractivity (Wildman–Crippen MR) is 47.2 cm³/mol. The molecule has 0 aliphatic heterocycles. The third kappa shape index (κ3) is 5.75. The van der Waals surface area contributed by atoms with Gasteiger partial charge in [-0.3, -0.25) is 0 Å². The highest BCUT2D eigenvalue weighted by atomic mass is 16.5. The van der Waals surface area contributed by atoms with Crippen molar-refractivity contribution in [1.29, 1.82) is 0 Å². The number of hydrogen-bond donors (Lipinski definition) is 1. The first-order valence-electron chi connectivity index (χ1n) is 3.91. The van der Waals surface area contributed by atoms with Crippen molar-refractivity contribution < 1.29 is 9.53 Å². The van der Waals surface area contributed by atoms with Crippen LogP contribution in [0.3, 0.4) is 0 Å². The van der Waals surface area contributed by atoms with Crippen molar-refractivity contribution in [1.82, 2.24) is 0 Å². The second-order valence-corrected chi connectivity index (χ2v) is 3.00. The van der Waals surface area contributed by atoms with Crippen molar-refractivity contribution in [2.75, 3.05) is 7.11 Å². The summed E-state index contributed by atoms with van der Waals surface area (Å²) in [6.07, 6.45) is 0.796. The molecule has 0 radical (unpaired) electrons. The zero-order chi connectivity index (χ0) is 9.56. The summed E-state index contributed by atoms with van der Waals surface area (Å²) in [5, 5.41) is 0. The molecule has 0 saturated heterocycles. The first-order valence-corrected chi connectivity index (χ1v) is 3.91. The van der Waals surface area contributed by atoms with Gasteiger partial charge in [0.25, 0.3) is 0 Å². The molecule has 0 unspecified atom stereocenters. The highest BCUT2D eigenvalue weighted by Crippen LogP contribution is 2.00. The molecule has 0 spiro atoms. The smallest absolute Gasteiger partial charge is 0.384 e. The lowest BCUT2D eigenvalue weighted by Crippen LogP contribution is -2.20. The fourth-order valence-electron chi connectivity index (χ4n) is 0.769. The fourth-order valence-corrected chi connectivity index (χ4v) is 0.769. The van der Waals surface area contributed by atoms with Gasteiger partial charge in [-0.1, -0.05) is 19.8 Å². The Balaban J connectivity index is 3.86. The van der Waals surface area contributed by atoms with Gasteiger partial charge in [-0.25, -0.2) is 4.79 Å². The first kappa shape index (κ1) is 11.0. The lowest BCUT2D eigenvalue weighted by molar-refractivity contribution is -0.133. The summed E-state index contributed by atoms with van der Waals surface area (Å²) in [7, 11) is 1.30. The van der Waals surface area contributed by atoms with Crippen molar-refractivity contribution in [3.05, 3.63) is 0 Å². The molecule has 0 aliphatic rings. The van der Waals surface area contributed by atoms with E-state index in [0.29, 0.717) is 5.92 Å². The van der Waals surface area contributed by atoms with E-state index in [2.05, 4.69) is 30.4 Å². The number of rotatable bonds is 2. The van der Waals surface area contributed by atoms with Gasteiger partial charge in [0.05, 0.1) is 13.2 Å². The molecule has 0 saturated carbocycles. The molecule has 2 N–H and O–H groups in total. The second-order valence-electron chi connectivity index (χ2n) is 3.00. The largest absolute Gasteiger partial charge is 0.459 e. The van der Waals surface area contributed by atoms with Crippen molar-refractivity contribution in [3.8, 4) is 11.8 Å². The van der Waals surface area contributed by atoms with Crippen LogP contribution >= 0.6 is 0 Å². The number of carbonyl (C=O) groups is 1. The molecule has 0 amide bonds. The maximum Gasteiger partial charge on any atom is 0.384 e. The quantitative estimate of drug-likeness (QED) is 0.373. The molecular weight excluding hydrogens is 154 g/mol.